The number of rotatable bonds is 5. The van der Waals surface area contributed by atoms with E-state index in [1.807, 2.05) is 12.1 Å². The minimum Gasteiger partial charge on any atom is -0.383 e. The maximum absolute atomic E-state index is 8.77. The standard InChI is InChI=1S/C11H15N3/c1-2-3-4-7-13-10-6-5-8-14-11(10)9-12/h5-6,8,13H,2-4,7H2,1H3. The molecule has 0 saturated carbocycles. The van der Waals surface area contributed by atoms with Crippen LogP contribution in [0, 0.1) is 11.3 Å². The molecule has 1 heterocycles. The Balaban J connectivity index is 2.46. The summed E-state index contributed by atoms with van der Waals surface area (Å²) in [5, 5.41) is 12.0. The van der Waals surface area contributed by atoms with E-state index >= 15 is 0 Å². The topological polar surface area (TPSA) is 48.7 Å². The minimum absolute atomic E-state index is 0.476. The number of nitriles is 1. The number of hydrogen-bond acceptors (Lipinski definition) is 3. The smallest absolute Gasteiger partial charge is 0.163 e. The summed E-state index contributed by atoms with van der Waals surface area (Å²) in [6.45, 7) is 3.08. The Morgan fingerprint density at radius 1 is 1.50 bits per heavy atom. The van der Waals surface area contributed by atoms with Crippen molar-refractivity contribution in [2.45, 2.75) is 26.2 Å². The molecule has 0 radical (unpaired) electrons. The first-order valence-corrected chi connectivity index (χ1v) is 4.97. The van der Waals surface area contributed by atoms with Gasteiger partial charge in [0.15, 0.2) is 5.69 Å². The van der Waals surface area contributed by atoms with Crippen LogP contribution in [0.5, 0.6) is 0 Å². The van der Waals surface area contributed by atoms with E-state index in [4.69, 9.17) is 5.26 Å². The van der Waals surface area contributed by atoms with Gasteiger partial charge in [0.1, 0.15) is 6.07 Å². The molecule has 3 nitrogen and oxygen atoms in total. The molecule has 0 unspecified atom stereocenters. The predicted molar refractivity (Wildman–Crippen MR) is 57.0 cm³/mol. The third-order valence-corrected chi connectivity index (χ3v) is 2.01. The SMILES string of the molecule is CCCCCNc1cccnc1C#N. The lowest BCUT2D eigenvalue weighted by Gasteiger charge is -2.05. The lowest BCUT2D eigenvalue weighted by Crippen LogP contribution is -2.03. The van der Waals surface area contributed by atoms with Crippen molar-refractivity contribution in [2.24, 2.45) is 0 Å². The summed E-state index contributed by atoms with van der Waals surface area (Å²) in [5.74, 6) is 0. The molecule has 3 heteroatoms. The Morgan fingerprint density at radius 2 is 2.36 bits per heavy atom. The zero-order valence-corrected chi connectivity index (χ0v) is 8.45. The van der Waals surface area contributed by atoms with Crippen molar-refractivity contribution < 1.29 is 0 Å². The van der Waals surface area contributed by atoms with E-state index < -0.39 is 0 Å². The van der Waals surface area contributed by atoms with Crippen LogP contribution < -0.4 is 5.32 Å². The Bertz CT molecular complexity index is 315. The van der Waals surface area contributed by atoms with Crippen molar-refractivity contribution in [2.75, 3.05) is 11.9 Å². The first-order valence-electron chi connectivity index (χ1n) is 4.97. The van der Waals surface area contributed by atoms with Crippen molar-refractivity contribution in [3.05, 3.63) is 24.0 Å². The monoisotopic (exact) mass is 189 g/mol. The van der Waals surface area contributed by atoms with E-state index in [9.17, 15) is 0 Å². The summed E-state index contributed by atoms with van der Waals surface area (Å²) in [6.07, 6.45) is 5.20. The quantitative estimate of drug-likeness (QED) is 0.724. The molecular weight excluding hydrogens is 174 g/mol. The molecule has 0 aliphatic heterocycles. The molecule has 1 aromatic rings. The van der Waals surface area contributed by atoms with E-state index in [1.54, 1.807) is 6.20 Å². The van der Waals surface area contributed by atoms with Crippen LogP contribution in [-0.4, -0.2) is 11.5 Å². The fourth-order valence-corrected chi connectivity index (χ4v) is 1.24. The largest absolute Gasteiger partial charge is 0.383 e. The highest BCUT2D eigenvalue weighted by molar-refractivity contribution is 5.53. The van der Waals surface area contributed by atoms with E-state index in [2.05, 4.69) is 23.3 Å². The van der Waals surface area contributed by atoms with Crippen LogP contribution in [0.2, 0.25) is 0 Å². The molecule has 0 saturated heterocycles. The normalized spacial score (nSPS) is 9.43. The van der Waals surface area contributed by atoms with Gasteiger partial charge in [-0.3, -0.25) is 0 Å². The van der Waals surface area contributed by atoms with Crippen LogP contribution in [0.25, 0.3) is 0 Å². The summed E-state index contributed by atoms with van der Waals surface area (Å²) in [5.41, 5.74) is 1.31. The second kappa shape index (κ2) is 5.98. The zero-order chi connectivity index (χ0) is 10.2. The third-order valence-electron chi connectivity index (χ3n) is 2.01. The van der Waals surface area contributed by atoms with Crippen LogP contribution in [0.4, 0.5) is 5.69 Å². The van der Waals surface area contributed by atoms with Crippen molar-refractivity contribution in [1.82, 2.24) is 4.98 Å². The van der Waals surface area contributed by atoms with Crippen molar-refractivity contribution >= 4 is 5.69 Å². The van der Waals surface area contributed by atoms with Gasteiger partial charge in [-0.2, -0.15) is 5.26 Å². The highest BCUT2D eigenvalue weighted by Gasteiger charge is 1.99. The molecule has 0 aliphatic carbocycles. The minimum atomic E-state index is 0.476. The number of aromatic nitrogens is 1. The van der Waals surface area contributed by atoms with E-state index in [0.717, 1.165) is 18.7 Å². The van der Waals surface area contributed by atoms with Gasteiger partial charge in [-0.05, 0) is 18.6 Å². The van der Waals surface area contributed by atoms with E-state index in [0.29, 0.717) is 5.69 Å². The average Bonchev–Trinajstić information content (AvgIpc) is 2.25. The Morgan fingerprint density at radius 3 is 3.07 bits per heavy atom. The van der Waals surface area contributed by atoms with Crippen molar-refractivity contribution in [3.8, 4) is 6.07 Å². The van der Waals surface area contributed by atoms with Crippen LogP contribution in [-0.2, 0) is 0 Å². The summed E-state index contributed by atoms with van der Waals surface area (Å²) in [4.78, 5) is 3.97. The Hall–Kier alpha value is -1.56. The number of nitrogens with zero attached hydrogens (tertiary/aromatic N) is 2. The number of unbranched alkanes of at least 4 members (excludes halogenated alkanes) is 2. The fraction of sp³-hybridized carbons (Fsp3) is 0.455. The van der Waals surface area contributed by atoms with E-state index in [-0.39, 0.29) is 0 Å². The molecule has 1 N–H and O–H groups in total. The molecule has 0 aliphatic rings. The lowest BCUT2D eigenvalue weighted by atomic mass is 10.2. The summed E-state index contributed by atoms with van der Waals surface area (Å²) < 4.78 is 0. The molecule has 1 rings (SSSR count). The van der Waals surface area contributed by atoms with Gasteiger partial charge in [-0.1, -0.05) is 19.8 Å². The molecule has 0 bridgehead atoms. The van der Waals surface area contributed by atoms with Crippen LogP contribution >= 0.6 is 0 Å². The second-order valence-corrected chi connectivity index (χ2v) is 3.15. The van der Waals surface area contributed by atoms with Gasteiger partial charge in [0.05, 0.1) is 5.69 Å². The van der Waals surface area contributed by atoms with Crippen molar-refractivity contribution in [1.29, 1.82) is 5.26 Å². The van der Waals surface area contributed by atoms with Gasteiger partial charge in [0, 0.05) is 12.7 Å². The number of hydrogen-bond donors (Lipinski definition) is 1. The van der Waals surface area contributed by atoms with Crippen LogP contribution in [0.15, 0.2) is 18.3 Å². The molecule has 0 atom stereocenters. The van der Waals surface area contributed by atoms with Gasteiger partial charge in [0.2, 0.25) is 0 Å². The molecule has 0 fully saturated rings. The third kappa shape index (κ3) is 3.06. The molecule has 0 aromatic carbocycles. The lowest BCUT2D eigenvalue weighted by molar-refractivity contribution is 0.743. The van der Waals surface area contributed by atoms with Gasteiger partial charge >= 0.3 is 0 Å². The Kier molecular flexibility index (Phi) is 4.49. The van der Waals surface area contributed by atoms with Gasteiger partial charge in [-0.15, -0.1) is 0 Å². The maximum Gasteiger partial charge on any atom is 0.163 e. The zero-order valence-electron chi connectivity index (χ0n) is 8.45. The molecule has 0 amide bonds. The highest BCUT2D eigenvalue weighted by atomic mass is 14.9. The Labute approximate surface area is 84.8 Å². The number of pyridine rings is 1. The molecule has 1 aromatic heterocycles. The van der Waals surface area contributed by atoms with Crippen molar-refractivity contribution in [3.63, 3.8) is 0 Å². The molecule has 14 heavy (non-hydrogen) atoms. The maximum atomic E-state index is 8.77. The first-order chi connectivity index (χ1) is 6.88. The first kappa shape index (κ1) is 10.5. The van der Waals surface area contributed by atoms with Crippen LogP contribution in [0.3, 0.4) is 0 Å². The summed E-state index contributed by atoms with van der Waals surface area (Å²) in [7, 11) is 0. The highest BCUT2D eigenvalue weighted by Crippen LogP contribution is 2.10. The van der Waals surface area contributed by atoms with E-state index in [1.165, 1.54) is 12.8 Å². The molecular formula is C11H15N3. The summed E-state index contributed by atoms with van der Waals surface area (Å²) in [6, 6.07) is 5.79. The number of anilines is 1. The molecule has 74 valence electrons. The fourth-order valence-electron chi connectivity index (χ4n) is 1.24. The van der Waals surface area contributed by atoms with Gasteiger partial charge in [0.25, 0.3) is 0 Å². The predicted octanol–water partition coefficient (Wildman–Crippen LogP) is 2.56. The van der Waals surface area contributed by atoms with Gasteiger partial charge in [-0.25, -0.2) is 4.98 Å². The summed E-state index contributed by atoms with van der Waals surface area (Å²) >= 11 is 0. The average molecular weight is 189 g/mol. The van der Waals surface area contributed by atoms with Gasteiger partial charge < -0.3 is 5.32 Å². The second-order valence-electron chi connectivity index (χ2n) is 3.15. The van der Waals surface area contributed by atoms with Crippen LogP contribution in [0.1, 0.15) is 31.9 Å². The molecule has 0 spiro atoms. The number of nitrogens with one attached hydrogen (secondary N) is 1.